The van der Waals surface area contributed by atoms with Crippen molar-refractivity contribution in [3.05, 3.63) is 72.3 Å². The Morgan fingerprint density at radius 3 is 2.60 bits per heavy atom. The summed E-state index contributed by atoms with van der Waals surface area (Å²) < 4.78 is 5.84. The first-order chi connectivity index (χ1) is 9.90. The molecule has 1 N–H and O–H groups in total. The molecule has 2 heteroatoms. The van der Waals surface area contributed by atoms with Crippen LogP contribution in [-0.2, 0) is 0 Å². The molecule has 1 aliphatic heterocycles. The number of rotatable bonds is 1. The van der Waals surface area contributed by atoms with Gasteiger partial charge in [-0.2, -0.15) is 0 Å². The molecule has 1 heterocycles. The molecule has 1 atom stereocenters. The van der Waals surface area contributed by atoms with Crippen LogP contribution in [-0.4, -0.2) is 6.61 Å². The van der Waals surface area contributed by atoms with Crippen molar-refractivity contribution in [2.75, 3.05) is 11.9 Å². The molecular formula is C18H15NO. The summed E-state index contributed by atoms with van der Waals surface area (Å²) in [4.78, 5) is 0. The Hall–Kier alpha value is -2.48. The summed E-state index contributed by atoms with van der Waals surface area (Å²) in [6.45, 7) is 0.662. The zero-order valence-electron chi connectivity index (χ0n) is 11.0. The highest BCUT2D eigenvalue weighted by atomic mass is 16.5. The predicted octanol–water partition coefficient (Wildman–Crippen LogP) is 4.39. The van der Waals surface area contributed by atoms with Crippen molar-refractivity contribution in [3.63, 3.8) is 0 Å². The summed E-state index contributed by atoms with van der Waals surface area (Å²) in [6.07, 6.45) is 0. The average molecular weight is 261 g/mol. The Kier molecular flexibility index (Phi) is 2.59. The maximum absolute atomic E-state index is 5.84. The lowest BCUT2D eigenvalue weighted by Crippen LogP contribution is -2.23. The van der Waals surface area contributed by atoms with E-state index in [2.05, 4.69) is 53.8 Å². The second-order valence-electron chi connectivity index (χ2n) is 5.11. The van der Waals surface area contributed by atoms with Gasteiger partial charge in [-0.1, -0.05) is 48.5 Å². The number of anilines is 1. The Morgan fingerprint density at radius 1 is 0.850 bits per heavy atom. The Bertz CT molecular complexity index is 766. The van der Waals surface area contributed by atoms with E-state index in [9.17, 15) is 0 Å². The first-order valence-corrected chi connectivity index (χ1v) is 6.87. The fourth-order valence-corrected chi connectivity index (χ4v) is 2.72. The second-order valence-corrected chi connectivity index (χ2v) is 5.11. The summed E-state index contributed by atoms with van der Waals surface area (Å²) in [5.74, 6) is 0.935. The van der Waals surface area contributed by atoms with Gasteiger partial charge in [-0.25, -0.2) is 0 Å². The monoisotopic (exact) mass is 261 g/mol. The van der Waals surface area contributed by atoms with Crippen molar-refractivity contribution >= 4 is 16.5 Å². The summed E-state index contributed by atoms with van der Waals surface area (Å²) in [5, 5.41) is 6.09. The van der Waals surface area contributed by atoms with Crippen LogP contribution in [0.15, 0.2) is 66.7 Å². The largest absolute Gasteiger partial charge is 0.489 e. The molecule has 0 aromatic heterocycles. The summed E-state index contributed by atoms with van der Waals surface area (Å²) >= 11 is 0. The highest BCUT2D eigenvalue weighted by Crippen LogP contribution is 2.33. The maximum atomic E-state index is 5.84. The van der Waals surface area contributed by atoms with E-state index in [1.165, 1.54) is 16.3 Å². The lowest BCUT2D eigenvalue weighted by molar-refractivity contribution is 0.286. The Morgan fingerprint density at radius 2 is 1.65 bits per heavy atom. The van der Waals surface area contributed by atoms with Crippen LogP contribution in [0.4, 0.5) is 5.69 Å². The quantitative estimate of drug-likeness (QED) is 0.701. The van der Waals surface area contributed by atoms with Crippen molar-refractivity contribution in [2.24, 2.45) is 0 Å². The van der Waals surface area contributed by atoms with Crippen LogP contribution in [0.5, 0.6) is 5.75 Å². The van der Waals surface area contributed by atoms with Crippen LogP contribution >= 0.6 is 0 Å². The van der Waals surface area contributed by atoms with E-state index in [0.717, 1.165) is 11.4 Å². The summed E-state index contributed by atoms with van der Waals surface area (Å²) in [6, 6.07) is 23.3. The average Bonchev–Trinajstić information content (AvgIpc) is 2.54. The van der Waals surface area contributed by atoms with Gasteiger partial charge in [0.15, 0.2) is 0 Å². The number of ether oxygens (including phenoxy) is 1. The van der Waals surface area contributed by atoms with Crippen LogP contribution < -0.4 is 10.1 Å². The topological polar surface area (TPSA) is 21.3 Å². The van der Waals surface area contributed by atoms with Crippen molar-refractivity contribution < 1.29 is 4.74 Å². The second kappa shape index (κ2) is 4.57. The zero-order chi connectivity index (χ0) is 13.4. The van der Waals surface area contributed by atoms with Gasteiger partial charge in [-0.15, -0.1) is 0 Å². The van der Waals surface area contributed by atoms with Crippen molar-refractivity contribution in [2.45, 2.75) is 6.04 Å². The molecule has 98 valence electrons. The van der Waals surface area contributed by atoms with E-state index >= 15 is 0 Å². The molecule has 0 saturated carbocycles. The number of hydrogen-bond donors (Lipinski definition) is 1. The number of hydrogen-bond acceptors (Lipinski definition) is 2. The Balaban J connectivity index is 1.70. The number of para-hydroxylation sites is 2. The third-order valence-electron chi connectivity index (χ3n) is 3.80. The molecule has 0 spiro atoms. The van der Waals surface area contributed by atoms with Crippen LogP contribution in [0.3, 0.4) is 0 Å². The molecular weight excluding hydrogens is 246 g/mol. The molecule has 0 saturated heterocycles. The van der Waals surface area contributed by atoms with Gasteiger partial charge in [0.2, 0.25) is 0 Å². The minimum Gasteiger partial charge on any atom is -0.489 e. The first-order valence-electron chi connectivity index (χ1n) is 6.87. The van der Waals surface area contributed by atoms with Crippen molar-refractivity contribution in [3.8, 4) is 5.75 Å². The van der Waals surface area contributed by atoms with Crippen LogP contribution in [0.1, 0.15) is 11.6 Å². The molecule has 20 heavy (non-hydrogen) atoms. The molecule has 0 unspecified atom stereocenters. The molecule has 0 fully saturated rings. The van der Waals surface area contributed by atoms with Crippen molar-refractivity contribution in [1.82, 2.24) is 0 Å². The van der Waals surface area contributed by atoms with Gasteiger partial charge in [-0.3, -0.25) is 0 Å². The minimum absolute atomic E-state index is 0.203. The van der Waals surface area contributed by atoms with E-state index in [4.69, 9.17) is 4.74 Å². The minimum atomic E-state index is 0.203. The number of nitrogens with one attached hydrogen (secondary N) is 1. The highest BCUT2D eigenvalue weighted by Gasteiger charge is 2.19. The normalized spacial score (nSPS) is 17.1. The standard InChI is InChI=1S/C18H15NO/c1-2-6-14-11-15(10-9-13(14)5-1)17-12-20-18-8-4-3-7-16(18)19-17/h1-11,17,19H,12H2/t17-/m0/s1. The summed E-state index contributed by atoms with van der Waals surface area (Å²) in [7, 11) is 0. The number of benzene rings is 3. The third-order valence-corrected chi connectivity index (χ3v) is 3.80. The third kappa shape index (κ3) is 1.90. The lowest BCUT2D eigenvalue weighted by atomic mass is 10.0. The van der Waals surface area contributed by atoms with Gasteiger partial charge in [0.25, 0.3) is 0 Å². The van der Waals surface area contributed by atoms with Gasteiger partial charge < -0.3 is 10.1 Å². The van der Waals surface area contributed by atoms with Crippen LogP contribution in [0.2, 0.25) is 0 Å². The fraction of sp³-hybridized carbons (Fsp3) is 0.111. The van der Waals surface area contributed by atoms with Crippen LogP contribution in [0, 0.1) is 0 Å². The predicted molar refractivity (Wildman–Crippen MR) is 82.2 cm³/mol. The lowest BCUT2D eigenvalue weighted by Gasteiger charge is -2.27. The number of fused-ring (bicyclic) bond motifs is 2. The molecule has 3 aromatic rings. The molecule has 1 aliphatic rings. The zero-order valence-corrected chi connectivity index (χ0v) is 11.0. The van der Waals surface area contributed by atoms with E-state index in [0.29, 0.717) is 6.61 Å². The van der Waals surface area contributed by atoms with Gasteiger partial charge in [0.1, 0.15) is 12.4 Å². The molecule has 0 radical (unpaired) electrons. The molecule has 2 nitrogen and oxygen atoms in total. The molecule has 3 aromatic carbocycles. The van der Waals surface area contributed by atoms with Crippen LogP contribution in [0.25, 0.3) is 10.8 Å². The van der Waals surface area contributed by atoms with Crippen molar-refractivity contribution in [1.29, 1.82) is 0 Å². The maximum Gasteiger partial charge on any atom is 0.142 e. The smallest absolute Gasteiger partial charge is 0.142 e. The molecule has 0 bridgehead atoms. The summed E-state index contributed by atoms with van der Waals surface area (Å²) in [5.41, 5.74) is 2.33. The van der Waals surface area contributed by atoms with Gasteiger partial charge >= 0.3 is 0 Å². The van der Waals surface area contributed by atoms with E-state index < -0.39 is 0 Å². The molecule has 0 aliphatic carbocycles. The van der Waals surface area contributed by atoms with E-state index in [-0.39, 0.29) is 6.04 Å². The highest BCUT2D eigenvalue weighted by molar-refractivity contribution is 5.83. The van der Waals surface area contributed by atoms with E-state index in [1.807, 2.05) is 18.2 Å². The molecule has 0 amide bonds. The SMILES string of the molecule is c1ccc2c(c1)N[C@H](c1ccc3ccccc3c1)CO2. The Labute approximate surface area is 118 Å². The first kappa shape index (κ1) is 11.4. The van der Waals surface area contributed by atoms with Gasteiger partial charge in [-0.05, 0) is 34.5 Å². The van der Waals surface area contributed by atoms with Gasteiger partial charge in [0.05, 0.1) is 11.7 Å². The molecule has 4 rings (SSSR count). The van der Waals surface area contributed by atoms with Gasteiger partial charge in [0, 0.05) is 0 Å². The fourth-order valence-electron chi connectivity index (χ4n) is 2.72. The van der Waals surface area contributed by atoms with E-state index in [1.54, 1.807) is 0 Å².